The first-order valence-electron chi connectivity index (χ1n) is 5.76. The summed E-state index contributed by atoms with van der Waals surface area (Å²) < 4.78 is 38.3. The van der Waals surface area contributed by atoms with Crippen LogP contribution < -0.4 is 0 Å². The number of alkyl halides is 3. The van der Waals surface area contributed by atoms with Gasteiger partial charge in [0.1, 0.15) is 6.54 Å². The summed E-state index contributed by atoms with van der Waals surface area (Å²) in [6.07, 6.45) is -4.40. The molecule has 0 unspecified atom stereocenters. The summed E-state index contributed by atoms with van der Waals surface area (Å²) in [6, 6.07) is 4.40. The third-order valence-corrected chi connectivity index (χ3v) is 3.59. The molecule has 0 saturated carbocycles. The van der Waals surface area contributed by atoms with Gasteiger partial charge in [0, 0.05) is 16.1 Å². The smallest absolute Gasteiger partial charge is 0.327 e. The Morgan fingerprint density at radius 1 is 1.37 bits per heavy atom. The Labute approximate surface area is 118 Å². The summed E-state index contributed by atoms with van der Waals surface area (Å²) in [6.45, 7) is 3.59. The Morgan fingerprint density at radius 2 is 1.95 bits per heavy atom. The molecule has 1 amide bonds. The normalized spacial score (nSPS) is 11.8. The van der Waals surface area contributed by atoms with Crippen molar-refractivity contribution in [2.24, 2.45) is 0 Å². The van der Waals surface area contributed by atoms with Crippen molar-refractivity contribution in [2.75, 3.05) is 6.54 Å². The standard InChI is InChI=1S/C13H15BrF3NO/c1-8(2)18(7-13(15,16)17)12(19)10-5-4-6-11(14)9(10)3/h4-6,8H,7H2,1-3H3. The molecule has 2 nitrogen and oxygen atoms in total. The maximum Gasteiger partial charge on any atom is 0.406 e. The van der Waals surface area contributed by atoms with Gasteiger partial charge in [-0.2, -0.15) is 13.2 Å². The van der Waals surface area contributed by atoms with Crippen LogP contribution in [0, 0.1) is 6.92 Å². The summed E-state index contributed by atoms with van der Waals surface area (Å²) in [5.41, 5.74) is 0.924. The number of hydrogen-bond donors (Lipinski definition) is 0. The van der Waals surface area contributed by atoms with E-state index in [-0.39, 0.29) is 5.56 Å². The first-order valence-corrected chi connectivity index (χ1v) is 6.55. The lowest BCUT2D eigenvalue weighted by Gasteiger charge is -2.28. The van der Waals surface area contributed by atoms with Gasteiger partial charge in [0.05, 0.1) is 0 Å². The number of hydrogen-bond acceptors (Lipinski definition) is 1. The van der Waals surface area contributed by atoms with Crippen molar-refractivity contribution in [3.63, 3.8) is 0 Å². The molecule has 0 aliphatic rings. The first kappa shape index (κ1) is 16.0. The lowest BCUT2D eigenvalue weighted by atomic mass is 10.1. The molecule has 0 bridgehead atoms. The predicted molar refractivity (Wildman–Crippen MR) is 71.1 cm³/mol. The molecule has 6 heteroatoms. The van der Waals surface area contributed by atoms with Crippen LogP contribution in [-0.4, -0.2) is 29.6 Å². The van der Waals surface area contributed by atoms with E-state index in [1.807, 2.05) is 0 Å². The van der Waals surface area contributed by atoms with Crippen molar-refractivity contribution in [2.45, 2.75) is 33.0 Å². The van der Waals surface area contributed by atoms with Gasteiger partial charge in [-0.25, -0.2) is 0 Å². The third-order valence-electron chi connectivity index (χ3n) is 2.73. The maximum atomic E-state index is 12.5. The second-order valence-corrected chi connectivity index (χ2v) is 5.41. The van der Waals surface area contributed by atoms with Gasteiger partial charge in [0.2, 0.25) is 0 Å². The van der Waals surface area contributed by atoms with E-state index >= 15 is 0 Å². The second-order valence-electron chi connectivity index (χ2n) is 4.55. The van der Waals surface area contributed by atoms with E-state index in [1.165, 1.54) is 6.07 Å². The Kier molecular flexibility index (Phi) is 5.01. The van der Waals surface area contributed by atoms with Gasteiger partial charge < -0.3 is 4.90 Å². The highest BCUT2D eigenvalue weighted by atomic mass is 79.9. The van der Waals surface area contributed by atoms with E-state index in [0.717, 1.165) is 4.90 Å². The zero-order chi connectivity index (χ0) is 14.8. The molecule has 0 atom stereocenters. The Hall–Kier alpha value is -1.04. The molecule has 106 valence electrons. The highest BCUT2D eigenvalue weighted by Gasteiger charge is 2.34. The fraction of sp³-hybridized carbons (Fsp3) is 0.462. The molecule has 0 aliphatic heterocycles. The van der Waals surface area contributed by atoms with Gasteiger partial charge in [-0.15, -0.1) is 0 Å². The van der Waals surface area contributed by atoms with Crippen LogP contribution in [0.1, 0.15) is 29.8 Å². The highest BCUT2D eigenvalue weighted by molar-refractivity contribution is 9.10. The number of carbonyl (C=O) groups is 1. The van der Waals surface area contributed by atoms with Gasteiger partial charge in [-0.3, -0.25) is 4.79 Å². The fourth-order valence-electron chi connectivity index (χ4n) is 1.68. The zero-order valence-electron chi connectivity index (χ0n) is 10.9. The van der Waals surface area contributed by atoms with Crippen LogP contribution in [0.2, 0.25) is 0 Å². The molecule has 0 aromatic heterocycles. The summed E-state index contributed by atoms with van der Waals surface area (Å²) in [5, 5.41) is 0. The second kappa shape index (κ2) is 5.94. The van der Waals surface area contributed by atoms with Gasteiger partial charge >= 0.3 is 6.18 Å². The number of rotatable bonds is 3. The monoisotopic (exact) mass is 337 g/mol. The fourth-order valence-corrected chi connectivity index (χ4v) is 2.04. The molecule has 0 saturated heterocycles. The minimum absolute atomic E-state index is 0.285. The molecule has 1 aromatic rings. The van der Waals surface area contributed by atoms with E-state index in [0.29, 0.717) is 10.0 Å². The molecule has 0 spiro atoms. The van der Waals surface area contributed by atoms with Crippen LogP contribution in [-0.2, 0) is 0 Å². The molecule has 1 rings (SSSR count). The molecule has 0 aliphatic carbocycles. The Bertz CT molecular complexity index is 471. The van der Waals surface area contributed by atoms with E-state index in [9.17, 15) is 18.0 Å². The zero-order valence-corrected chi connectivity index (χ0v) is 12.5. The molecule has 1 aromatic carbocycles. The maximum absolute atomic E-state index is 12.5. The van der Waals surface area contributed by atoms with Crippen LogP contribution >= 0.6 is 15.9 Å². The van der Waals surface area contributed by atoms with E-state index in [1.54, 1.807) is 32.9 Å². The van der Waals surface area contributed by atoms with Crippen LogP contribution in [0.3, 0.4) is 0 Å². The number of nitrogens with zero attached hydrogens (tertiary/aromatic N) is 1. The average Bonchev–Trinajstić information content (AvgIpc) is 2.27. The quantitative estimate of drug-likeness (QED) is 0.810. The van der Waals surface area contributed by atoms with Crippen molar-refractivity contribution in [3.05, 3.63) is 33.8 Å². The Morgan fingerprint density at radius 3 is 2.42 bits per heavy atom. The third kappa shape index (κ3) is 4.23. The van der Waals surface area contributed by atoms with Gasteiger partial charge in [-0.1, -0.05) is 22.0 Å². The molecular formula is C13H15BrF3NO. The summed E-state index contributed by atoms with van der Waals surface area (Å²) in [5.74, 6) is -0.605. The molecule has 0 N–H and O–H groups in total. The molecular weight excluding hydrogens is 323 g/mol. The van der Waals surface area contributed by atoms with Gasteiger partial charge in [0.15, 0.2) is 0 Å². The van der Waals surface area contributed by atoms with Crippen LogP contribution in [0.25, 0.3) is 0 Å². The predicted octanol–water partition coefficient (Wildman–Crippen LogP) is 4.17. The van der Waals surface area contributed by atoms with Crippen LogP contribution in [0.4, 0.5) is 13.2 Å². The number of benzene rings is 1. The van der Waals surface area contributed by atoms with E-state index in [4.69, 9.17) is 0 Å². The van der Waals surface area contributed by atoms with Crippen molar-refractivity contribution in [3.8, 4) is 0 Å². The molecule has 0 radical (unpaired) electrons. The lowest BCUT2D eigenvalue weighted by Crippen LogP contribution is -2.43. The lowest BCUT2D eigenvalue weighted by molar-refractivity contribution is -0.143. The topological polar surface area (TPSA) is 20.3 Å². The number of halogens is 4. The van der Waals surface area contributed by atoms with Gasteiger partial charge in [-0.05, 0) is 38.5 Å². The van der Waals surface area contributed by atoms with E-state index in [2.05, 4.69) is 15.9 Å². The Balaban J connectivity index is 3.10. The van der Waals surface area contributed by atoms with Gasteiger partial charge in [0.25, 0.3) is 5.91 Å². The first-order chi connectivity index (χ1) is 8.63. The molecule has 0 heterocycles. The van der Waals surface area contributed by atoms with E-state index < -0.39 is 24.7 Å². The van der Waals surface area contributed by atoms with Crippen molar-refractivity contribution < 1.29 is 18.0 Å². The summed E-state index contributed by atoms with van der Waals surface area (Å²) in [4.78, 5) is 13.1. The van der Waals surface area contributed by atoms with Crippen LogP contribution in [0.15, 0.2) is 22.7 Å². The number of carbonyl (C=O) groups excluding carboxylic acids is 1. The van der Waals surface area contributed by atoms with Crippen molar-refractivity contribution in [1.82, 2.24) is 4.90 Å². The SMILES string of the molecule is Cc1c(Br)cccc1C(=O)N(CC(F)(F)F)C(C)C. The van der Waals surface area contributed by atoms with Crippen molar-refractivity contribution >= 4 is 21.8 Å². The molecule has 19 heavy (non-hydrogen) atoms. The van der Waals surface area contributed by atoms with Crippen molar-refractivity contribution in [1.29, 1.82) is 0 Å². The minimum Gasteiger partial charge on any atom is -0.327 e. The average molecular weight is 338 g/mol. The summed E-state index contributed by atoms with van der Waals surface area (Å²) in [7, 11) is 0. The minimum atomic E-state index is -4.40. The highest BCUT2D eigenvalue weighted by Crippen LogP contribution is 2.24. The molecule has 0 fully saturated rings. The largest absolute Gasteiger partial charge is 0.406 e. The number of amides is 1. The van der Waals surface area contributed by atoms with Crippen LogP contribution in [0.5, 0.6) is 0 Å². The summed E-state index contributed by atoms with van der Waals surface area (Å²) >= 11 is 3.27.